The van der Waals surface area contributed by atoms with E-state index in [1.165, 1.54) is 17.2 Å². The molecule has 3 N–H and O–H groups in total. The number of hydrogen-bond acceptors (Lipinski definition) is 6. The van der Waals surface area contributed by atoms with Crippen LogP contribution in [-0.4, -0.2) is 39.1 Å². The number of benzene rings is 2. The van der Waals surface area contributed by atoms with E-state index in [9.17, 15) is 19.8 Å². The molecule has 0 radical (unpaired) electrons. The standard InChI is InChI=1S/C25H24N4O4/c1-15-7-8-20(13-16(15)2)29-23(31)22(17(3)27-29)26-28-25(24(32)33)11-9-18(10-12-25)19-5-4-6-21(30)14-19/h4-14,18,28,30H,1-3H3,(H,32,33)/b26-22-. The molecule has 1 aliphatic heterocycles. The zero-order valence-electron chi connectivity index (χ0n) is 18.5. The topological polar surface area (TPSA) is 115 Å². The molecule has 0 unspecified atom stereocenters. The second kappa shape index (κ2) is 8.38. The number of nitrogens with zero attached hydrogens (tertiary/aromatic N) is 3. The lowest BCUT2D eigenvalue weighted by molar-refractivity contribution is -0.141. The lowest BCUT2D eigenvalue weighted by atomic mass is 9.86. The highest BCUT2D eigenvalue weighted by molar-refractivity contribution is 6.71. The van der Waals surface area contributed by atoms with Gasteiger partial charge in [-0.3, -0.25) is 10.2 Å². The molecular formula is C25H24N4O4. The number of allylic oxidation sites excluding steroid dienone is 2. The van der Waals surface area contributed by atoms with Gasteiger partial charge in [0.2, 0.25) is 0 Å². The van der Waals surface area contributed by atoms with Crippen molar-refractivity contribution in [2.24, 2.45) is 10.2 Å². The van der Waals surface area contributed by atoms with E-state index in [1.54, 1.807) is 43.3 Å². The average molecular weight is 444 g/mol. The van der Waals surface area contributed by atoms with Crippen molar-refractivity contribution < 1.29 is 19.8 Å². The number of carbonyl (C=O) groups is 2. The number of aromatic hydroxyl groups is 1. The van der Waals surface area contributed by atoms with E-state index in [0.29, 0.717) is 11.4 Å². The van der Waals surface area contributed by atoms with Gasteiger partial charge in [0, 0.05) is 5.92 Å². The van der Waals surface area contributed by atoms with Gasteiger partial charge >= 0.3 is 11.9 Å². The molecule has 0 aromatic heterocycles. The van der Waals surface area contributed by atoms with Crippen LogP contribution in [0.2, 0.25) is 0 Å². The summed E-state index contributed by atoms with van der Waals surface area (Å²) in [5, 5.41) is 29.3. The number of hydrogen-bond donors (Lipinski definition) is 3. The molecule has 2 aromatic rings. The zero-order chi connectivity index (χ0) is 23.8. The molecular weight excluding hydrogens is 420 g/mol. The van der Waals surface area contributed by atoms with Gasteiger partial charge in [0.1, 0.15) is 5.75 Å². The summed E-state index contributed by atoms with van der Waals surface area (Å²) in [7, 11) is 0. The third-order valence-electron chi connectivity index (χ3n) is 5.82. The fraction of sp³-hybridized carbons (Fsp3) is 0.200. The fourth-order valence-electron chi connectivity index (χ4n) is 3.66. The summed E-state index contributed by atoms with van der Waals surface area (Å²) < 4.78 is 0. The van der Waals surface area contributed by atoms with Gasteiger partial charge < -0.3 is 10.2 Å². The number of nitrogens with one attached hydrogen (secondary N) is 1. The summed E-state index contributed by atoms with van der Waals surface area (Å²) in [6.45, 7) is 5.59. The van der Waals surface area contributed by atoms with Crippen molar-refractivity contribution in [2.75, 3.05) is 5.01 Å². The summed E-state index contributed by atoms with van der Waals surface area (Å²) in [6.07, 6.45) is 6.41. The van der Waals surface area contributed by atoms with Crippen molar-refractivity contribution in [3.05, 3.63) is 83.5 Å². The predicted molar refractivity (Wildman–Crippen MR) is 127 cm³/mol. The summed E-state index contributed by atoms with van der Waals surface area (Å²) in [6, 6.07) is 12.4. The van der Waals surface area contributed by atoms with Crippen molar-refractivity contribution >= 4 is 29.0 Å². The SMILES string of the molecule is CC1=NN(c2ccc(C)c(C)c2)C(=O)/C1=N\NC1(C(=O)O)C=CC(c2cccc(O)c2)C=C1. The Labute approximate surface area is 191 Å². The maximum Gasteiger partial charge on any atom is 0.339 e. The first-order chi connectivity index (χ1) is 15.7. The zero-order valence-corrected chi connectivity index (χ0v) is 18.5. The van der Waals surface area contributed by atoms with Crippen molar-refractivity contribution in [1.29, 1.82) is 0 Å². The van der Waals surface area contributed by atoms with E-state index < -0.39 is 17.4 Å². The first kappa shape index (κ1) is 22.0. The second-order valence-electron chi connectivity index (χ2n) is 8.16. The number of amides is 1. The van der Waals surface area contributed by atoms with Crippen molar-refractivity contribution in [3.63, 3.8) is 0 Å². The van der Waals surface area contributed by atoms with Crippen molar-refractivity contribution in [3.8, 4) is 5.75 Å². The van der Waals surface area contributed by atoms with E-state index in [-0.39, 0.29) is 17.4 Å². The number of carboxylic acids is 1. The van der Waals surface area contributed by atoms with E-state index in [1.807, 2.05) is 32.0 Å². The summed E-state index contributed by atoms with van der Waals surface area (Å²) in [5.74, 6) is -1.67. The third-order valence-corrected chi connectivity index (χ3v) is 5.82. The molecule has 1 heterocycles. The minimum atomic E-state index is -1.62. The minimum absolute atomic E-state index is 0.0470. The Morgan fingerprint density at radius 1 is 1.09 bits per heavy atom. The molecule has 0 fully saturated rings. The number of phenols is 1. The predicted octanol–water partition coefficient (Wildman–Crippen LogP) is 3.41. The van der Waals surface area contributed by atoms with Crippen LogP contribution in [0.1, 0.15) is 29.5 Å². The van der Waals surface area contributed by atoms with Gasteiger partial charge in [-0.25, -0.2) is 4.79 Å². The highest BCUT2D eigenvalue weighted by atomic mass is 16.4. The third kappa shape index (κ3) is 4.15. The number of rotatable bonds is 5. The lowest BCUT2D eigenvalue weighted by Gasteiger charge is -2.26. The van der Waals surface area contributed by atoms with Crippen LogP contribution in [0, 0.1) is 13.8 Å². The molecule has 1 aliphatic carbocycles. The Hall–Kier alpha value is -4.20. The fourth-order valence-corrected chi connectivity index (χ4v) is 3.66. The van der Waals surface area contributed by atoms with Gasteiger partial charge in [-0.2, -0.15) is 15.2 Å². The molecule has 2 aromatic carbocycles. The highest BCUT2D eigenvalue weighted by Crippen LogP contribution is 2.29. The Morgan fingerprint density at radius 3 is 2.45 bits per heavy atom. The van der Waals surface area contributed by atoms with E-state index in [2.05, 4.69) is 15.6 Å². The quantitative estimate of drug-likeness (QED) is 0.483. The van der Waals surface area contributed by atoms with Crippen LogP contribution >= 0.6 is 0 Å². The van der Waals surface area contributed by atoms with Gasteiger partial charge in [-0.15, -0.1) is 0 Å². The number of aryl methyl sites for hydroxylation is 2. The van der Waals surface area contributed by atoms with Crippen LogP contribution in [0.3, 0.4) is 0 Å². The molecule has 1 amide bonds. The number of aliphatic carboxylic acids is 1. The molecule has 8 heteroatoms. The van der Waals surface area contributed by atoms with Crippen molar-refractivity contribution in [1.82, 2.24) is 5.43 Å². The van der Waals surface area contributed by atoms with Crippen LogP contribution in [-0.2, 0) is 9.59 Å². The summed E-state index contributed by atoms with van der Waals surface area (Å²) in [4.78, 5) is 25.1. The lowest BCUT2D eigenvalue weighted by Crippen LogP contribution is -2.48. The van der Waals surface area contributed by atoms with Gasteiger partial charge in [0.15, 0.2) is 11.3 Å². The summed E-state index contributed by atoms with van der Waals surface area (Å²) >= 11 is 0. The molecule has 33 heavy (non-hydrogen) atoms. The second-order valence-corrected chi connectivity index (χ2v) is 8.16. The van der Waals surface area contributed by atoms with Crippen LogP contribution in [0.15, 0.2) is 77.0 Å². The monoisotopic (exact) mass is 444 g/mol. The maximum atomic E-state index is 13.0. The smallest absolute Gasteiger partial charge is 0.339 e. The first-order valence-corrected chi connectivity index (χ1v) is 10.4. The normalized spacial score (nSPS) is 23.2. The van der Waals surface area contributed by atoms with Gasteiger partial charge in [0.05, 0.1) is 11.4 Å². The van der Waals surface area contributed by atoms with Crippen LogP contribution in [0.25, 0.3) is 0 Å². The molecule has 4 rings (SSSR count). The van der Waals surface area contributed by atoms with E-state index in [4.69, 9.17) is 0 Å². The van der Waals surface area contributed by atoms with Gasteiger partial charge in [-0.1, -0.05) is 30.4 Å². The Balaban J connectivity index is 1.56. The molecule has 0 atom stereocenters. The van der Waals surface area contributed by atoms with E-state index >= 15 is 0 Å². The molecule has 0 bridgehead atoms. The molecule has 2 aliphatic rings. The Kier molecular flexibility index (Phi) is 5.59. The minimum Gasteiger partial charge on any atom is -0.508 e. The van der Waals surface area contributed by atoms with E-state index in [0.717, 1.165) is 16.7 Å². The largest absolute Gasteiger partial charge is 0.508 e. The number of anilines is 1. The first-order valence-electron chi connectivity index (χ1n) is 10.4. The Bertz CT molecular complexity index is 1240. The molecule has 0 saturated carbocycles. The number of hydrazone groups is 2. The van der Waals surface area contributed by atoms with Crippen LogP contribution in [0.4, 0.5) is 5.69 Å². The van der Waals surface area contributed by atoms with Gasteiger partial charge in [0.25, 0.3) is 0 Å². The molecule has 168 valence electrons. The molecule has 8 nitrogen and oxygen atoms in total. The highest BCUT2D eigenvalue weighted by Gasteiger charge is 2.37. The van der Waals surface area contributed by atoms with Crippen molar-refractivity contribution in [2.45, 2.75) is 32.2 Å². The van der Waals surface area contributed by atoms with Crippen LogP contribution in [0.5, 0.6) is 5.75 Å². The number of carbonyl (C=O) groups excluding carboxylic acids is 1. The maximum absolute atomic E-state index is 13.0. The average Bonchev–Trinajstić information content (AvgIpc) is 3.07. The van der Waals surface area contributed by atoms with Gasteiger partial charge in [-0.05, 0) is 73.9 Å². The number of phenolic OH excluding ortho intramolecular Hbond substituents is 1. The Morgan fingerprint density at radius 2 is 1.82 bits per heavy atom. The molecule has 0 spiro atoms. The van der Waals surface area contributed by atoms with Crippen LogP contribution < -0.4 is 10.4 Å². The summed E-state index contributed by atoms with van der Waals surface area (Å²) in [5.41, 5.74) is 5.04. The molecule has 0 saturated heterocycles. The number of carboxylic acid groups (broad SMARTS) is 1.